The van der Waals surface area contributed by atoms with E-state index < -0.39 is 0 Å². The van der Waals surface area contributed by atoms with Gasteiger partial charge in [-0.3, -0.25) is 4.98 Å². The molecule has 1 aromatic rings. The van der Waals surface area contributed by atoms with Gasteiger partial charge in [0.05, 0.1) is 11.6 Å². The SMILES string of the molecule is C=C(Br)CC(C=O)c1ccc(Br)cn1.COC. The quantitative estimate of drug-likeness (QED) is 0.765. The standard InChI is InChI=1S/C10H9Br2NO.C2H6O/c1-7(11)4-8(6-14)10-3-2-9(12)5-13-10;1-3-2/h2-3,5-6,8H,1,4H2;1-2H3. The summed E-state index contributed by atoms with van der Waals surface area (Å²) < 4.78 is 5.96. The Hall–Kier alpha value is -0.520. The second kappa shape index (κ2) is 9.50. The molecule has 0 N–H and O–H groups in total. The summed E-state index contributed by atoms with van der Waals surface area (Å²) in [6.07, 6.45) is 3.16. The molecule has 1 heterocycles. The molecule has 1 aromatic heterocycles. The highest BCUT2D eigenvalue weighted by molar-refractivity contribution is 9.11. The van der Waals surface area contributed by atoms with Crippen LogP contribution in [0.15, 0.2) is 33.9 Å². The van der Waals surface area contributed by atoms with Gasteiger partial charge in [0.2, 0.25) is 0 Å². The van der Waals surface area contributed by atoms with Crippen molar-refractivity contribution in [3.8, 4) is 0 Å². The first kappa shape index (κ1) is 16.5. The van der Waals surface area contributed by atoms with E-state index in [0.717, 1.165) is 20.9 Å². The third-order valence-corrected chi connectivity index (χ3v) is 2.53. The van der Waals surface area contributed by atoms with Crippen LogP contribution in [-0.4, -0.2) is 25.5 Å². The second-order valence-electron chi connectivity index (χ2n) is 3.27. The van der Waals surface area contributed by atoms with Gasteiger partial charge in [0.15, 0.2) is 0 Å². The monoisotopic (exact) mass is 363 g/mol. The minimum absolute atomic E-state index is 0.213. The van der Waals surface area contributed by atoms with Crippen LogP contribution in [0.4, 0.5) is 0 Å². The number of carbonyl (C=O) groups excluding carboxylic acids is 1. The van der Waals surface area contributed by atoms with Gasteiger partial charge in [-0.25, -0.2) is 0 Å². The minimum Gasteiger partial charge on any atom is -0.388 e. The molecule has 3 nitrogen and oxygen atoms in total. The molecule has 0 aromatic carbocycles. The van der Waals surface area contributed by atoms with Gasteiger partial charge < -0.3 is 9.53 Å². The highest BCUT2D eigenvalue weighted by Crippen LogP contribution is 2.23. The second-order valence-corrected chi connectivity index (χ2v) is 5.31. The van der Waals surface area contributed by atoms with Crippen molar-refractivity contribution in [1.82, 2.24) is 4.98 Å². The number of rotatable bonds is 4. The van der Waals surface area contributed by atoms with Gasteiger partial charge in [-0.05, 0) is 39.0 Å². The molecule has 1 rings (SSSR count). The summed E-state index contributed by atoms with van der Waals surface area (Å²) in [5, 5.41) is 0. The lowest BCUT2D eigenvalue weighted by molar-refractivity contribution is -0.109. The maximum Gasteiger partial charge on any atom is 0.129 e. The Labute approximate surface area is 119 Å². The molecule has 1 unspecified atom stereocenters. The largest absolute Gasteiger partial charge is 0.388 e. The van der Waals surface area contributed by atoms with Gasteiger partial charge in [0.1, 0.15) is 6.29 Å². The molecule has 0 spiro atoms. The van der Waals surface area contributed by atoms with Gasteiger partial charge in [0.25, 0.3) is 0 Å². The Balaban J connectivity index is 0.000000770. The van der Waals surface area contributed by atoms with Crippen molar-refractivity contribution in [2.24, 2.45) is 0 Å². The molecule has 0 fully saturated rings. The van der Waals surface area contributed by atoms with Crippen LogP contribution in [0.3, 0.4) is 0 Å². The summed E-state index contributed by atoms with van der Waals surface area (Å²) in [6.45, 7) is 3.71. The van der Waals surface area contributed by atoms with Gasteiger partial charge in [-0.15, -0.1) is 0 Å². The maximum absolute atomic E-state index is 10.8. The molecular weight excluding hydrogens is 350 g/mol. The van der Waals surface area contributed by atoms with Crippen LogP contribution in [0, 0.1) is 0 Å². The zero-order valence-electron chi connectivity index (χ0n) is 9.82. The number of aldehydes is 1. The maximum atomic E-state index is 10.8. The van der Waals surface area contributed by atoms with Crippen LogP contribution in [0.5, 0.6) is 0 Å². The van der Waals surface area contributed by atoms with E-state index in [1.54, 1.807) is 20.4 Å². The number of ether oxygens (including phenoxy) is 1. The summed E-state index contributed by atoms with van der Waals surface area (Å²) in [7, 11) is 3.25. The first-order valence-corrected chi connectivity index (χ1v) is 6.43. The van der Waals surface area contributed by atoms with Crippen molar-refractivity contribution < 1.29 is 9.53 Å². The Morgan fingerprint density at radius 1 is 1.59 bits per heavy atom. The molecule has 0 saturated heterocycles. The highest BCUT2D eigenvalue weighted by atomic mass is 79.9. The van der Waals surface area contributed by atoms with E-state index in [9.17, 15) is 4.79 Å². The van der Waals surface area contributed by atoms with Crippen molar-refractivity contribution >= 4 is 38.1 Å². The molecule has 17 heavy (non-hydrogen) atoms. The lowest BCUT2D eigenvalue weighted by Crippen LogP contribution is -2.02. The van der Waals surface area contributed by atoms with E-state index >= 15 is 0 Å². The summed E-state index contributed by atoms with van der Waals surface area (Å²) >= 11 is 6.53. The van der Waals surface area contributed by atoms with Crippen LogP contribution < -0.4 is 0 Å². The molecular formula is C12H15Br2NO2. The van der Waals surface area contributed by atoms with Crippen LogP contribution in [0.25, 0.3) is 0 Å². The average molecular weight is 365 g/mol. The van der Waals surface area contributed by atoms with Crippen LogP contribution in [0.2, 0.25) is 0 Å². The Morgan fingerprint density at radius 2 is 2.18 bits per heavy atom. The summed E-state index contributed by atoms with van der Waals surface area (Å²) in [5.74, 6) is -0.213. The smallest absolute Gasteiger partial charge is 0.129 e. The van der Waals surface area contributed by atoms with Crippen LogP contribution >= 0.6 is 31.9 Å². The zero-order valence-corrected chi connectivity index (χ0v) is 13.0. The van der Waals surface area contributed by atoms with Crippen molar-refractivity contribution in [2.45, 2.75) is 12.3 Å². The van der Waals surface area contributed by atoms with Gasteiger partial charge in [-0.2, -0.15) is 0 Å². The fraction of sp³-hybridized carbons (Fsp3) is 0.333. The molecule has 1 atom stereocenters. The third-order valence-electron chi connectivity index (χ3n) is 1.74. The van der Waals surface area contributed by atoms with E-state index in [0.29, 0.717) is 6.42 Å². The van der Waals surface area contributed by atoms with Crippen molar-refractivity contribution in [3.63, 3.8) is 0 Å². The molecule has 94 valence electrons. The number of nitrogens with zero attached hydrogens (tertiary/aromatic N) is 1. The normalized spacial score (nSPS) is 11.1. The Bertz CT molecular complexity index is 352. The van der Waals surface area contributed by atoms with E-state index in [-0.39, 0.29) is 5.92 Å². The van der Waals surface area contributed by atoms with Gasteiger partial charge in [0, 0.05) is 24.9 Å². The fourth-order valence-corrected chi connectivity index (χ4v) is 1.65. The number of hydrogen-bond donors (Lipinski definition) is 0. The minimum atomic E-state index is -0.213. The summed E-state index contributed by atoms with van der Waals surface area (Å²) in [5.41, 5.74) is 0.767. The first-order valence-electron chi connectivity index (χ1n) is 4.85. The molecule has 5 heteroatoms. The predicted octanol–water partition coefficient (Wildman–Crippen LogP) is 3.69. The predicted molar refractivity (Wildman–Crippen MR) is 76.4 cm³/mol. The number of aromatic nitrogens is 1. The van der Waals surface area contributed by atoms with E-state index in [4.69, 9.17) is 0 Å². The molecule has 0 saturated carbocycles. The summed E-state index contributed by atoms with van der Waals surface area (Å²) in [6, 6.07) is 3.70. The van der Waals surface area contributed by atoms with Gasteiger partial charge in [-0.1, -0.05) is 22.5 Å². The van der Waals surface area contributed by atoms with E-state index in [2.05, 4.69) is 48.2 Å². The third kappa shape index (κ3) is 7.41. The number of methoxy groups -OCH3 is 1. The molecule has 0 aliphatic rings. The van der Waals surface area contributed by atoms with Crippen molar-refractivity contribution in [2.75, 3.05) is 14.2 Å². The summed E-state index contributed by atoms with van der Waals surface area (Å²) in [4.78, 5) is 15.0. The number of carbonyl (C=O) groups is 1. The number of hydrogen-bond acceptors (Lipinski definition) is 3. The molecule has 0 radical (unpaired) electrons. The zero-order chi connectivity index (χ0) is 13.3. The lowest BCUT2D eigenvalue weighted by Gasteiger charge is -2.08. The number of allylic oxidation sites excluding steroid dienone is 1. The van der Waals surface area contributed by atoms with Crippen molar-refractivity contribution in [3.05, 3.63) is 39.6 Å². The van der Waals surface area contributed by atoms with Crippen LogP contribution in [-0.2, 0) is 9.53 Å². The molecule has 0 aliphatic heterocycles. The number of pyridine rings is 1. The topological polar surface area (TPSA) is 39.2 Å². The fourth-order valence-electron chi connectivity index (χ4n) is 1.07. The lowest BCUT2D eigenvalue weighted by atomic mass is 10.0. The Kier molecular flexibility index (Phi) is 9.21. The highest BCUT2D eigenvalue weighted by Gasteiger charge is 2.12. The van der Waals surface area contributed by atoms with Gasteiger partial charge >= 0.3 is 0 Å². The number of halogens is 2. The molecule has 0 aliphatic carbocycles. The first-order chi connectivity index (χ1) is 8.04. The van der Waals surface area contributed by atoms with E-state index in [1.165, 1.54) is 0 Å². The molecule has 0 bridgehead atoms. The molecule has 0 amide bonds. The van der Waals surface area contributed by atoms with Crippen molar-refractivity contribution in [1.29, 1.82) is 0 Å². The van der Waals surface area contributed by atoms with Crippen LogP contribution in [0.1, 0.15) is 18.0 Å². The van der Waals surface area contributed by atoms with E-state index in [1.807, 2.05) is 12.1 Å². The average Bonchev–Trinajstić information content (AvgIpc) is 2.28. The Morgan fingerprint density at radius 3 is 2.53 bits per heavy atom.